The number of carbonyl (C=O) groups excluding carboxylic acids is 1. The van der Waals surface area contributed by atoms with Crippen LogP contribution in [0.4, 0.5) is 5.69 Å². The van der Waals surface area contributed by atoms with Crippen molar-refractivity contribution in [3.8, 4) is 17.2 Å². The first-order valence-corrected chi connectivity index (χ1v) is 12.2. The van der Waals surface area contributed by atoms with E-state index in [0.717, 1.165) is 5.56 Å². The van der Waals surface area contributed by atoms with Crippen LogP contribution >= 0.6 is 0 Å². The van der Waals surface area contributed by atoms with Crippen LogP contribution in [0.1, 0.15) is 16.7 Å². The summed E-state index contributed by atoms with van der Waals surface area (Å²) in [6.07, 6.45) is 0.464. The highest BCUT2D eigenvalue weighted by Gasteiger charge is 2.24. The Morgan fingerprint density at radius 1 is 1.00 bits per heavy atom. The molecule has 1 amide bonds. The summed E-state index contributed by atoms with van der Waals surface area (Å²) >= 11 is 0. The summed E-state index contributed by atoms with van der Waals surface area (Å²) in [5.41, 5.74) is 7.93. The van der Waals surface area contributed by atoms with E-state index in [1.165, 1.54) is 25.3 Å². The number of hydrogen-bond donors (Lipinski definition) is 3. The van der Waals surface area contributed by atoms with E-state index in [2.05, 4.69) is 5.32 Å². The molecule has 10 heteroatoms. The van der Waals surface area contributed by atoms with Crippen LogP contribution in [-0.2, 0) is 34.4 Å². The van der Waals surface area contributed by atoms with Gasteiger partial charge in [-0.1, -0.05) is 30.3 Å². The maximum Gasteiger partial charge on any atom is 0.339 e. The van der Waals surface area contributed by atoms with Gasteiger partial charge in [0.25, 0.3) is 0 Å². The summed E-state index contributed by atoms with van der Waals surface area (Å²) in [6, 6.07) is 16.1. The second kappa shape index (κ2) is 11.6. The average Bonchev–Trinajstić information content (AvgIpc) is 2.85. The Morgan fingerprint density at radius 3 is 2.31 bits per heavy atom. The number of hydrogen-bond acceptors (Lipinski definition) is 8. The van der Waals surface area contributed by atoms with E-state index in [1.54, 1.807) is 43.5 Å². The van der Waals surface area contributed by atoms with Gasteiger partial charge in [0.05, 0.1) is 32.9 Å². The monoisotopic (exact) mass is 500 g/mol. The highest BCUT2D eigenvalue weighted by Crippen LogP contribution is 2.36. The molecule has 186 valence electrons. The molecule has 0 aromatic heterocycles. The summed E-state index contributed by atoms with van der Waals surface area (Å²) in [7, 11) is -1.29. The van der Waals surface area contributed by atoms with E-state index in [1.807, 2.05) is 6.07 Å². The number of benzene rings is 3. The Morgan fingerprint density at radius 2 is 1.69 bits per heavy atom. The van der Waals surface area contributed by atoms with Crippen molar-refractivity contribution in [2.24, 2.45) is 0 Å². The Hall–Kier alpha value is -3.76. The van der Waals surface area contributed by atoms with E-state index in [0.29, 0.717) is 30.0 Å². The minimum Gasteiger partial charge on any atom is -0.495 e. The molecule has 0 bridgehead atoms. The Bertz CT molecular complexity index is 1280. The van der Waals surface area contributed by atoms with Crippen molar-refractivity contribution in [1.82, 2.24) is 5.32 Å². The number of nitrogens with two attached hydrogens (primary N) is 1. The number of anilines is 1. The minimum absolute atomic E-state index is 0.0479. The van der Waals surface area contributed by atoms with Crippen molar-refractivity contribution in [3.05, 3.63) is 77.4 Å². The predicted molar refractivity (Wildman–Crippen MR) is 131 cm³/mol. The third-order valence-corrected chi connectivity index (χ3v) is 6.54. The van der Waals surface area contributed by atoms with Gasteiger partial charge < -0.3 is 29.8 Å². The fourth-order valence-corrected chi connectivity index (χ4v) is 4.49. The van der Waals surface area contributed by atoms with E-state index >= 15 is 0 Å². The van der Waals surface area contributed by atoms with Gasteiger partial charge in [0.1, 0.15) is 10.6 Å². The van der Waals surface area contributed by atoms with Crippen LogP contribution in [0.3, 0.4) is 0 Å². The van der Waals surface area contributed by atoms with E-state index < -0.39 is 16.7 Å². The molecule has 3 aromatic carbocycles. The highest BCUT2D eigenvalue weighted by molar-refractivity contribution is 7.87. The number of ether oxygens (including phenoxy) is 2. The lowest BCUT2D eigenvalue weighted by molar-refractivity contribution is -0.120. The van der Waals surface area contributed by atoms with Gasteiger partial charge in [-0.05, 0) is 47.9 Å². The van der Waals surface area contributed by atoms with Crippen LogP contribution in [0.5, 0.6) is 17.2 Å². The molecule has 9 nitrogen and oxygen atoms in total. The van der Waals surface area contributed by atoms with Gasteiger partial charge in [0.2, 0.25) is 5.91 Å². The van der Waals surface area contributed by atoms with E-state index in [9.17, 15) is 18.3 Å². The van der Waals surface area contributed by atoms with Crippen molar-refractivity contribution in [2.45, 2.75) is 24.3 Å². The summed E-state index contributed by atoms with van der Waals surface area (Å²) in [5, 5.41) is 12.8. The zero-order valence-corrected chi connectivity index (χ0v) is 20.3. The predicted octanol–water partition coefficient (Wildman–Crippen LogP) is 2.45. The number of carbonyl (C=O) groups is 1. The molecule has 0 saturated heterocycles. The number of methoxy groups -OCH3 is 2. The number of amides is 1. The molecule has 0 aliphatic rings. The molecule has 0 aliphatic carbocycles. The zero-order valence-electron chi connectivity index (χ0n) is 19.5. The first kappa shape index (κ1) is 25.9. The summed E-state index contributed by atoms with van der Waals surface area (Å²) in [5.74, 6) is 0.247. The molecule has 0 heterocycles. The molecule has 0 radical (unpaired) electrons. The molecule has 0 spiro atoms. The van der Waals surface area contributed by atoms with Crippen molar-refractivity contribution in [1.29, 1.82) is 0 Å². The van der Waals surface area contributed by atoms with Gasteiger partial charge in [-0.3, -0.25) is 4.79 Å². The lowest BCUT2D eigenvalue weighted by Gasteiger charge is -2.17. The molecular formula is C25H28N2O7S. The van der Waals surface area contributed by atoms with Crippen molar-refractivity contribution in [3.63, 3.8) is 0 Å². The smallest absolute Gasteiger partial charge is 0.339 e. The first-order chi connectivity index (χ1) is 16.8. The summed E-state index contributed by atoms with van der Waals surface area (Å²) < 4.78 is 41.3. The van der Waals surface area contributed by atoms with Crippen molar-refractivity contribution < 1.29 is 32.0 Å². The molecule has 3 aromatic rings. The average molecular weight is 501 g/mol. The van der Waals surface area contributed by atoms with Gasteiger partial charge in [0.15, 0.2) is 11.5 Å². The maximum absolute atomic E-state index is 12.8. The van der Waals surface area contributed by atoms with E-state index in [-0.39, 0.29) is 34.3 Å². The van der Waals surface area contributed by atoms with Gasteiger partial charge >= 0.3 is 10.1 Å². The molecule has 0 saturated carbocycles. The number of aliphatic hydroxyl groups excluding tert-OH is 1. The normalized spacial score (nSPS) is 11.1. The number of nitrogens with one attached hydrogen (secondary N) is 1. The molecule has 4 N–H and O–H groups in total. The van der Waals surface area contributed by atoms with Crippen molar-refractivity contribution >= 4 is 21.7 Å². The van der Waals surface area contributed by atoms with Crippen LogP contribution in [0.2, 0.25) is 0 Å². The van der Waals surface area contributed by atoms with Crippen LogP contribution in [0, 0.1) is 0 Å². The zero-order chi connectivity index (χ0) is 25.4. The van der Waals surface area contributed by atoms with Crippen LogP contribution < -0.4 is 24.7 Å². The molecule has 0 atom stereocenters. The SMILES string of the molecule is COc1ccc(CCNC(=O)Cc2ccc(OC)c(OS(=O)(=O)c3ccccc3)c2CO)cc1N. The topological polar surface area (TPSA) is 137 Å². The van der Waals surface area contributed by atoms with Gasteiger partial charge in [0, 0.05) is 12.1 Å². The lowest BCUT2D eigenvalue weighted by Crippen LogP contribution is -2.27. The standard InChI is InChI=1S/C25H28N2O7S/c1-32-22-10-8-17(14-21(22)26)12-13-27-24(29)15-18-9-11-23(33-2)25(20(18)16-28)34-35(30,31)19-6-4-3-5-7-19/h3-11,14,28H,12-13,15-16,26H2,1-2H3,(H,27,29). The second-order valence-electron chi connectivity index (χ2n) is 7.60. The fraction of sp³-hybridized carbons (Fsp3) is 0.240. The van der Waals surface area contributed by atoms with Crippen LogP contribution in [-0.4, -0.2) is 40.2 Å². The molecule has 0 fully saturated rings. The Kier molecular flexibility index (Phi) is 8.56. The fourth-order valence-electron chi connectivity index (χ4n) is 3.50. The molecule has 0 aliphatic heterocycles. The van der Waals surface area contributed by atoms with Gasteiger partial charge in [-0.15, -0.1) is 0 Å². The Balaban J connectivity index is 1.73. The van der Waals surface area contributed by atoms with Gasteiger partial charge in [-0.2, -0.15) is 8.42 Å². The number of aliphatic hydroxyl groups is 1. The van der Waals surface area contributed by atoms with Crippen molar-refractivity contribution in [2.75, 3.05) is 26.5 Å². The van der Waals surface area contributed by atoms with Crippen LogP contribution in [0.15, 0.2) is 65.6 Å². The molecule has 35 heavy (non-hydrogen) atoms. The minimum atomic E-state index is -4.19. The third-order valence-electron chi connectivity index (χ3n) is 5.31. The van der Waals surface area contributed by atoms with Crippen LogP contribution in [0.25, 0.3) is 0 Å². The second-order valence-corrected chi connectivity index (χ2v) is 9.14. The summed E-state index contributed by atoms with van der Waals surface area (Å²) in [4.78, 5) is 12.5. The molecule has 0 unspecified atom stereocenters. The summed E-state index contributed by atoms with van der Waals surface area (Å²) in [6.45, 7) is -0.189. The lowest BCUT2D eigenvalue weighted by atomic mass is 10.0. The highest BCUT2D eigenvalue weighted by atomic mass is 32.2. The number of rotatable bonds is 11. The largest absolute Gasteiger partial charge is 0.495 e. The maximum atomic E-state index is 12.8. The third kappa shape index (κ3) is 6.43. The van der Waals surface area contributed by atoms with Gasteiger partial charge in [-0.25, -0.2) is 0 Å². The quantitative estimate of drug-likeness (QED) is 0.270. The Labute approximate surface area is 204 Å². The molecule has 3 rings (SSSR count). The van der Waals surface area contributed by atoms with E-state index in [4.69, 9.17) is 19.4 Å². The number of nitrogen functional groups attached to an aromatic ring is 1. The first-order valence-electron chi connectivity index (χ1n) is 10.8. The molecular weight excluding hydrogens is 472 g/mol.